The largest absolute Gasteiger partial charge is 0.378 e. The average molecular weight is 347 g/mol. The van der Waals surface area contributed by atoms with Gasteiger partial charge < -0.3 is 5.32 Å². The van der Waals surface area contributed by atoms with Gasteiger partial charge in [-0.2, -0.15) is 10.2 Å². The van der Waals surface area contributed by atoms with Gasteiger partial charge >= 0.3 is 0 Å². The van der Waals surface area contributed by atoms with Crippen molar-refractivity contribution in [2.45, 2.75) is 45.1 Å². The van der Waals surface area contributed by atoms with Gasteiger partial charge in [0.1, 0.15) is 0 Å². The number of nitrogens with zero attached hydrogens (tertiary/aromatic N) is 3. The molecular formula is C21H25N5. The zero-order valence-corrected chi connectivity index (χ0v) is 15.6. The number of H-pyrrole nitrogens is 1. The second kappa shape index (κ2) is 4.90. The van der Waals surface area contributed by atoms with Crippen LogP contribution < -0.4 is 5.32 Å². The Labute approximate surface area is 153 Å². The summed E-state index contributed by atoms with van der Waals surface area (Å²) in [6.07, 6.45) is 6.39. The Kier molecular flexibility index (Phi) is 2.79. The van der Waals surface area contributed by atoms with Crippen molar-refractivity contribution in [1.82, 2.24) is 20.0 Å². The number of anilines is 1. The topological polar surface area (TPSA) is 58.5 Å². The first-order chi connectivity index (χ1) is 12.6. The Morgan fingerprint density at radius 3 is 2.81 bits per heavy atom. The first-order valence-corrected chi connectivity index (χ1v) is 9.86. The smallest absolute Gasteiger partial charge is 0.0928 e. The fourth-order valence-electron chi connectivity index (χ4n) is 6.48. The second-order valence-corrected chi connectivity index (χ2v) is 8.67. The zero-order chi connectivity index (χ0) is 17.6. The predicted octanol–water partition coefficient (Wildman–Crippen LogP) is 4.21. The number of hydrogen-bond acceptors (Lipinski definition) is 3. The number of aromatic nitrogens is 4. The molecule has 26 heavy (non-hydrogen) atoms. The van der Waals surface area contributed by atoms with Gasteiger partial charge in [-0.3, -0.25) is 9.78 Å². The van der Waals surface area contributed by atoms with Crippen molar-refractivity contribution in [2.75, 3.05) is 5.32 Å². The van der Waals surface area contributed by atoms with E-state index in [4.69, 9.17) is 0 Å². The molecule has 0 unspecified atom stereocenters. The number of benzene rings is 1. The van der Waals surface area contributed by atoms with Crippen LogP contribution in [0.1, 0.15) is 53.7 Å². The molecule has 0 saturated heterocycles. The van der Waals surface area contributed by atoms with E-state index in [0.29, 0.717) is 17.9 Å². The molecule has 3 aromatic rings. The molecule has 2 aliphatic carbocycles. The van der Waals surface area contributed by atoms with Crippen LogP contribution in [-0.4, -0.2) is 20.0 Å². The van der Waals surface area contributed by atoms with Crippen molar-refractivity contribution < 1.29 is 0 Å². The fourth-order valence-corrected chi connectivity index (χ4v) is 6.48. The molecular weight excluding hydrogens is 322 g/mol. The van der Waals surface area contributed by atoms with Gasteiger partial charge in [-0.15, -0.1) is 0 Å². The molecule has 3 aliphatic rings. The Balaban J connectivity index is 1.59. The SMILES string of the molecule is Cc1nn(C)cc1[C@@H]1Nc2ccc3n[nH]c(C)c3c2[C@H]2[C@@H]3CC[C@@H](C3)[C@H]21. The summed E-state index contributed by atoms with van der Waals surface area (Å²) in [6.45, 7) is 4.31. The standard InChI is InChI=1S/C21H25N5/c1-10-14(9-26(3)25-10)21-19-13-5-4-12(8-13)18(19)20-15(22-21)6-7-16-17(20)11(2)23-24-16/h6-7,9,12-13,18-19,21-22H,4-5,8H2,1-3H3,(H,23,24)/t12-,13+,18+,19-,21+/m1/s1. The highest BCUT2D eigenvalue weighted by Crippen LogP contribution is 2.64. The maximum Gasteiger partial charge on any atom is 0.0928 e. The van der Waals surface area contributed by atoms with Gasteiger partial charge in [0.05, 0.1) is 17.3 Å². The molecule has 5 atom stereocenters. The Bertz CT molecular complexity index is 1030. The van der Waals surface area contributed by atoms with E-state index in [1.165, 1.54) is 47.2 Å². The lowest BCUT2D eigenvalue weighted by Crippen LogP contribution is -2.35. The highest BCUT2D eigenvalue weighted by Gasteiger charge is 2.54. The lowest BCUT2D eigenvalue weighted by molar-refractivity contribution is 0.248. The van der Waals surface area contributed by atoms with Crippen LogP contribution in [0.5, 0.6) is 0 Å². The van der Waals surface area contributed by atoms with Gasteiger partial charge in [-0.25, -0.2) is 0 Å². The maximum atomic E-state index is 4.64. The van der Waals surface area contributed by atoms with Crippen molar-refractivity contribution in [3.8, 4) is 0 Å². The van der Waals surface area contributed by atoms with Gasteiger partial charge in [-0.1, -0.05) is 0 Å². The van der Waals surface area contributed by atoms with Crippen LogP contribution in [0.25, 0.3) is 10.9 Å². The minimum Gasteiger partial charge on any atom is -0.378 e. The van der Waals surface area contributed by atoms with E-state index < -0.39 is 0 Å². The molecule has 0 amide bonds. The molecule has 2 saturated carbocycles. The van der Waals surface area contributed by atoms with Crippen LogP contribution in [-0.2, 0) is 7.05 Å². The lowest BCUT2D eigenvalue weighted by atomic mass is 9.67. The highest BCUT2D eigenvalue weighted by molar-refractivity contribution is 5.91. The van der Waals surface area contributed by atoms with E-state index in [2.05, 4.69) is 52.8 Å². The van der Waals surface area contributed by atoms with Gasteiger partial charge in [0.25, 0.3) is 0 Å². The Morgan fingerprint density at radius 1 is 1.15 bits per heavy atom. The molecule has 1 aliphatic heterocycles. The Morgan fingerprint density at radius 2 is 2.00 bits per heavy atom. The van der Waals surface area contributed by atoms with Crippen LogP contribution in [0.3, 0.4) is 0 Å². The normalized spacial score (nSPS) is 31.9. The quantitative estimate of drug-likeness (QED) is 0.693. The van der Waals surface area contributed by atoms with Crippen molar-refractivity contribution in [2.24, 2.45) is 24.8 Å². The summed E-state index contributed by atoms with van der Waals surface area (Å²) in [6, 6.07) is 4.78. The number of nitrogens with one attached hydrogen (secondary N) is 2. The van der Waals surface area contributed by atoms with E-state index in [0.717, 1.165) is 23.0 Å². The molecule has 0 spiro atoms. The molecule has 5 nitrogen and oxygen atoms in total. The summed E-state index contributed by atoms with van der Waals surface area (Å²) in [7, 11) is 2.03. The zero-order valence-electron chi connectivity index (χ0n) is 15.6. The number of aryl methyl sites for hydroxylation is 3. The molecule has 0 radical (unpaired) electrons. The first kappa shape index (κ1) is 14.8. The molecule has 3 heterocycles. The maximum absolute atomic E-state index is 4.64. The van der Waals surface area contributed by atoms with Gasteiger partial charge in [-0.05, 0) is 74.5 Å². The molecule has 2 aromatic heterocycles. The second-order valence-electron chi connectivity index (χ2n) is 8.67. The lowest BCUT2D eigenvalue weighted by Gasteiger charge is -2.43. The summed E-state index contributed by atoms with van der Waals surface area (Å²) < 4.78 is 1.97. The third kappa shape index (κ3) is 1.76. The summed E-state index contributed by atoms with van der Waals surface area (Å²) in [5.41, 5.74) is 7.70. The van der Waals surface area contributed by atoms with Crippen molar-refractivity contribution in [3.63, 3.8) is 0 Å². The van der Waals surface area contributed by atoms with Gasteiger partial charge in [0, 0.05) is 35.6 Å². The molecule has 2 bridgehead atoms. The Hall–Kier alpha value is -2.30. The van der Waals surface area contributed by atoms with Crippen LogP contribution in [0, 0.1) is 31.6 Å². The summed E-state index contributed by atoms with van der Waals surface area (Å²) >= 11 is 0. The van der Waals surface area contributed by atoms with Crippen LogP contribution >= 0.6 is 0 Å². The average Bonchev–Trinajstić information content (AvgIpc) is 3.38. The minimum atomic E-state index is 0.376. The minimum absolute atomic E-state index is 0.376. The molecule has 134 valence electrons. The van der Waals surface area contributed by atoms with Crippen LogP contribution in [0.4, 0.5) is 5.69 Å². The number of hydrogen-bond donors (Lipinski definition) is 2. The van der Waals surface area contributed by atoms with Crippen LogP contribution in [0.2, 0.25) is 0 Å². The fraction of sp³-hybridized carbons (Fsp3) is 0.524. The summed E-state index contributed by atoms with van der Waals surface area (Å²) in [5, 5.41) is 17.7. The van der Waals surface area contributed by atoms with E-state index in [9.17, 15) is 0 Å². The number of fused-ring (bicyclic) bond motifs is 9. The predicted molar refractivity (Wildman–Crippen MR) is 102 cm³/mol. The molecule has 5 heteroatoms. The van der Waals surface area contributed by atoms with Crippen LogP contribution in [0.15, 0.2) is 18.3 Å². The molecule has 2 fully saturated rings. The van der Waals surface area contributed by atoms with Crippen molar-refractivity contribution in [3.05, 3.63) is 40.8 Å². The van der Waals surface area contributed by atoms with Gasteiger partial charge in [0.15, 0.2) is 0 Å². The monoisotopic (exact) mass is 347 g/mol. The van der Waals surface area contributed by atoms with E-state index >= 15 is 0 Å². The van der Waals surface area contributed by atoms with E-state index in [-0.39, 0.29) is 0 Å². The summed E-state index contributed by atoms with van der Waals surface area (Å²) in [5.74, 6) is 2.97. The third-order valence-electron chi connectivity index (χ3n) is 7.34. The van der Waals surface area contributed by atoms with E-state index in [1.807, 2.05) is 11.7 Å². The van der Waals surface area contributed by atoms with Crippen molar-refractivity contribution >= 4 is 16.6 Å². The molecule has 6 rings (SSSR count). The van der Waals surface area contributed by atoms with E-state index in [1.54, 1.807) is 0 Å². The van der Waals surface area contributed by atoms with Crippen molar-refractivity contribution in [1.29, 1.82) is 0 Å². The first-order valence-electron chi connectivity index (χ1n) is 9.86. The number of aromatic amines is 1. The number of rotatable bonds is 1. The third-order valence-corrected chi connectivity index (χ3v) is 7.34. The highest BCUT2D eigenvalue weighted by atomic mass is 15.3. The molecule has 1 aromatic carbocycles. The summed E-state index contributed by atoms with van der Waals surface area (Å²) in [4.78, 5) is 0. The molecule has 2 N–H and O–H groups in total. The van der Waals surface area contributed by atoms with Gasteiger partial charge in [0.2, 0.25) is 0 Å².